The highest BCUT2D eigenvalue weighted by Crippen LogP contribution is 2.24. The van der Waals surface area contributed by atoms with Crippen molar-refractivity contribution in [2.45, 2.75) is 57.2 Å². The van der Waals surface area contributed by atoms with Gasteiger partial charge in [0.05, 0.1) is 12.6 Å². The Morgan fingerprint density at radius 3 is 2.71 bits per heavy atom. The number of carbonyl (C=O) groups is 1. The minimum atomic E-state index is -0.295. The Morgan fingerprint density at radius 1 is 1.33 bits per heavy atom. The van der Waals surface area contributed by atoms with Crippen LogP contribution in [0.25, 0.3) is 0 Å². The molecule has 122 valence electrons. The maximum absolute atomic E-state index is 12.3. The van der Waals surface area contributed by atoms with Gasteiger partial charge in [0.25, 0.3) is 0 Å². The Balaban J connectivity index is 1.83. The molecule has 1 saturated heterocycles. The SMILES string of the molecule is CC1CCCCC1NC(=O)CN1CC(O)CC1CN(C)C. The fraction of sp³-hybridized carbons (Fsp3) is 0.938. The van der Waals surface area contributed by atoms with Crippen LogP contribution >= 0.6 is 0 Å². The lowest BCUT2D eigenvalue weighted by Gasteiger charge is -2.31. The Kier molecular flexibility index (Phi) is 6.02. The van der Waals surface area contributed by atoms with Crippen molar-refractivity contribution < 1.29 is 9.90 Å². The van der Waals surface area contributed by atoms with Crippen LogP contribution in [-0.2, 0) is 4.79 Å². The molecule has 4 unspecified atom stereocenters. The Morgan fingerprint density at radius 2 is 2.05 bits per heavy atom. The van der Waals surface area contributed by atoms with Gasteiger partial charge in [-0.15, -0.1) is 0 Å². The second-order valence-corrected chi connectivity index (χ2v) is 7.17. The number of amides is 1. The Bertz CT molecular complexity index is 348. The highest BCUT2D eigenvalue weighted by Gasteiger charge is 2.33. The fourth-order valence-electron chi connectivity index (χ4n) is 3.73. The summed E-state index contributed by atoms with van der Waals surface area (Å²) in [5, 5.41) is 13.1. The third kappa shape index (κ3) is 4.94. The van der Waals surface area contributed by atoms with E-state index < -0.39 is 0 Å². The number of hydrogen-bond donors (Lipinski definition) is 2. The second kappa shape index (κ2) is 7.56. The molecular formula is C16H31N3O2. The lowest BCUT2D eigenvalue weighted by atomic mass is 9.86. The number of hydrogen-bond acceptors (Lipinski definition) is 4. The standard InChI is InChI=1S/C16H31N3O2/c1-12-6-4-5-7-15(12)17-16(21)11-19-10-14(20)8-13(19)9-18(2)3/h12-15,20H,4-11H2,1-3H3,(H,17,21). The summed E-state index contributed by atoms with van der Waals surface area (Å²) in [4.78, 5) is 16.6. The van der Waals surface area contributed by atoms with Gasteiger partial charge >= 0.3 is 0 Å². The predicted molar refractivity (Wildman–Crippen MR) is 84.1 cm³/mol. The molecule has 2 rings (SSSR count). The number of rotatable bonds is 5. The molecule has 4 atom stereocenters. The van der Waals surface area contributed by atoms with E-state index in [1.54, 1.807) is 0 Å². The number of β-amino-alcohol motifs (C(OH)–C–C–N with tert-alkyl or cyclic N) is 1. The average Bonchev–Trinajstić information content (AvgIpc) is 2.71. The molecule has 0 bridgehead atoms. The molecule has 2 aliphatic rings. The number of nitrogens with zero attached hydrogens (tertiary/aromatic N) is 2. The first-order chi connectivity index (χ1) is 9.95. The summed E-state index contributed by atoms with van der Waals surface area (Å²) in [7, 11) is 4.07. The highest BCUT2D eigenvalue weighted by molar-refractivity contribution is 5.78. The topological polar surface area (TPSA) is 55.8 Å². The van der Waals surface area contributed by atoms with E-state index in [9.17, 15) is 9.90 Å². The van der Waals surface area contributed by atoms with Crippen molar-refractivity contribution >= 4 is 5.91 Å². The lowest BCUT2D eigenvalue weighted by molar-refractivity contribution is -0.123. The molecule has 1 heterocycles. The number of likely N-dealkylation sites (tertiary alicyclic amines) is 1. The van der Waals surface area contributed by atoms with Crippen molar-refractivity contribution in [3.63, 3.8) is 0 Å². The van der Waals surface area contributed by atoms with Crippen LogP contribution in [0.3, 0.4) is 0 Å². The summed E-state index contributed by atoms with van der Waals surface area (Å²) in [6.45, 7) is 4.16. The first kappa shape index (κ1) is 16.7. The van der Waals surface area contributed by atoms with Gasteiger partial charge in [0, 0.05) is 25.2 Å². The van der Waals surface area contributed by atoms with E-state index in [0.29, 0.717) is 25.0 Å². The van der Waals surface area contributed by atoms with Crippen molar-refractivity contribution in [3.8, 4) is 0 Å². The van der Waals surface area contributed by atoms with Crippen LogP contribution in [0.2, 0.25) is 0 Å². The molecule has 1 saturated carbocycles. The third-order valence-corrected chi connectivity index (χ3v) is 4.89. The number of carbonyl (C=O) groups excluding carboxylic acids is 1. The van der Waals surface area contributed by atoms with Crippen molar-refractivity contribution in [2.75, 3.05) is 33.7 Å². The normalized spacial score (nSPS) is 34.3. The van der Waals surface area contributed by atoms with Gasteiger partial charge in [-0.3, -0.25) is 9.69 Å². The van der Waals surface area contributed by atoms with Gasteiger partial charge in [0.1, 0.15) is 0 Å². The summed E-state index contributed by atoms with van der Waals surface area (Å²) in [5.41, 5.74) is 0. The van der Waals surface area contributed by atoms with Gasteiger partial charge in [-0.2, -0.15) is 0 Å². The van der Waals surface area contributed by atoms with Crippen molar-refractivity contribution in [1.82, 2.24) is 15.1 Å². The molecule has 0 aromatic carbocycles. The van der Waals surface area contributed by atoms with Crippen LogP contribution in [-0.4, -0.2) is 72.7 Å². The molecule has 1 aliphatic heterocycles. The number of nitrogens with one attached hydrogen (secondary N) is 1. The van der Waals surface area contributed by atoms with E-state index in [1.807, 2.05) is 14.1 Å². The first-order valence-corrected chi connectivity index (χ1v) is 8.32. The van der Waals surface area contributed by atoms with Gasteiger partial charge in [0.15, 0.2) is 0 Å². The monoisotopic (exact) mass is 297 g/mol. The van der Waals surface area contributed by atoms with Gasteiger partial charge in [-0.05, 0) is 39.3 Å². The summed E-state index contributed by atoms with van der Waals surface area (Å²) in [5.74, 6) is 0.705. The number of likely N-dealkylation sites (N-methyl/N-ethyl adjacent to an activating group) is 1. The molecule has 0 radical (unpaired) electrons. The van der Waals surface area contributed by atoms with Crippen LogP contribution in [0.1, 0.15) is 39.0 Å². The zero-order valence-electron chi connectivity index (χ0n) is 13.7. The van der Waals surface area contributed by atoms with Crippen LogP contribution < -0.4 is 5.32 Å². The van der Waals surface area contributed by atoms with E-state index in [1.165, 1.54) is 19.3 Å². The molecule has 5 nitrogen and oxygen atoms in total. The molecule has 0 aromatic heterocycles. The molecule has 1 aliphatic carbocycles. The predicted octanol–water partition coefficient (Wildman–Crippen LogP) is 0.678. The molecule has 0 spiro atoms. The molecule has 5 heteroatoms. The summed E-state index contributed by atoms with van der Waals surface area (Å²) in [6, 6.07) is 0.621. The highest BCUT2D eigenvalue weighted by atomic mass is 16.3. The van der Waals surface area contributed by atoms with Crippen molar-refractivity contribution in [2.24, 2.45) is 5.92 Å². The van der Waals surface area contributed by atoms with Crippen LogP contribution in [0.15, 0.2) is 0 Å². The summed E-state index contributed by atoms with van der Waals surface area (Å²) < 4.78 is 0. The zero-order valence-corrected chi connectivity index (χ0v) is 13.7. The minimum Gasteiger partial charge on any atom is -0.392 e. The summed E-state index contributed by atoms with van der Waals surface area (Å²) in [6.07, 6.45) is 5.31. The number of aliphatic hydroxyl groups excluding tert-OH is 1. The lowest BCUT2D eigenvalue weighted by Crippen LogP contribution is -2.48. The largest absolute Gasteiger partial charge is 0.392 e. The van der Waals surface area contributed by atoms with Gasteiger partial charge in [0.2, 0.25) is 5.91 Å². The van der Waals surface area contributed by atoms with E-state index in [-0.39, 0.29) is 18.1 Å². The molecule has 2 N–H and O–H groups in total. The Hall–Kier alpha value is -0.650. The number of aliphatic hydroxyl groups is 1. The van der Waals surface area contributed by atoms with E-state index in [0.717, 1.165) is 19.4 Å². The molecular weight excluding hydrogens is 266 g/mol. The van der Waals surface area contributed by atoms with Gasteiger partial charge in [-0.25, -0.2) is 0 Å². The Labute approximate surface area is 128 Å². The van der Waals surface area contributed by atoms with Crippen LogP contribution in [0.4, 0.5) is 0 Å². The van der Waals surface area contributed by atoms with E-state index >= 15 is 0 Å². The quantitative estimate of drug-likeness (QED) is 0.783. The van der Waals surface area contributed by atoms with E-state index in [4.69, 9.17) is 0 Å². The average molecular weight is 297 g/mol. The fourth-order valence-corrected chi connectivity index (χ4v) is 3.73. The molecule has 21 heavy (non-hydrogen) atoms. The van der Waals surface area contributed by atoms with Crippen molar-refractivity contribution in [1.29, 1.82) is 0 Å². The second-order valence-electron chi connectivity index (χ2n) is 7.17. The van der Waals surface area contributed by atoms with Crippen LogP contribution in [0, 0.1) is 5.92 Å². The van der Waals surface area contributed by atoms with Gasteiger partial charge in [-0.1, -0.05) is 19.8 Å². The molecule has 0 aromatic rings. The van der Waals surface area contributed by atoms with E-state index in [2.05, 4.69) is 22.0 Å². The minimum absolute atomic E-state index is 0.117. The first-order valence-electron chi connectivity index (χ1n) is 8.32. The van der Waals surface area contributed by atoms with Gasteiger partial charge < -0.3 is 15.3 Å². The van der Waals surface area contributed by atoms with Crippen molar-refractivity contribution in [3.05, 3.63) is 0 Å². The maximum atomic E-state index is 12.3. The third-order valence-electron chi connectivity index (χ3n) is 4.89. The smallest absolute Gasteiger partial charge is 0.234 e. The maximum Gasteiger partial charge on any atom is 0.234 e. The molecule has 2 fully saturated rings. The summed E-state index contributed by atoms with van der Waals surface area (Å²) >= 11 is 0. The molecule has 1 amide bonds. The van der Waals surface area contributed by atoms with Crippen LogP contribution in [0.5, 0.6) is 0 Å². The zero-order chi connectivity index (χ0) is 15.4.